The van der Waals surface area contributed by atoms with Crippen molar-refractivity contribution in [2.45, 2.75) is 0 Å². The van der Waals surface area contributed by atoms with Crippen molar-refractivity contribution in [2.24, 2.45) is 0 Å². The Morgan fingerprint density at radius 1 is 1.44 bits per heavy atom. The summed E-state index contributed by atoms with van der Waals surface area (Å²) in [5.41, 5.74) is 6.17. The van der Waals surface area contributed by atoms with Crippen molar-refractivity contribution in [2.75, 3.05) is 5.73 Å². The Morgan fingerprint density at radius 3 is 3.11 bits per heavy atom. The van der Waals surface area contributed by atoms with Gasteiger partial charge in [-0.1, -0.05) is 0 Å². The van der Waals surface area contributed by atoms with Crippen LogP contribution in [0.3, 0.4) is 0 Å². The lowest BCUT2D eigenvalue weighted by molar-refractivity contribution is 0.637. The SMILES string of the molecule is Nc1cc2c[nH]cc2o1. The molecule has 2 heterocycles. The summed E-state index contributed by atoms with van der Waals surface area (Å²) in [4.78, 5) is 2.90. The number of furan rings is 1. The molecule has 0 saturated heterocycles. The van der Waals surface area contributed by atoms with Gasteiger partial charge >= 0.3 is 0 Å². The molecule has 0 aromatic carbocycles. The molecule has 2 aromatic rings. The number of nitrogens with two attached hydrogens (primary N) is 1. The van der Waals surface area contributed by atoms with Gasteiger partial charge in [0.2, 0.25) is 0 Å². The van der Waals surface area contributed by atoms with Gasteiger partial charge in [-0.2, -0.15) is 0 Å². The Kier molecular flexibility index (Phi) is 0.656. The molecule has 9 heavy (non-hydrogen) atoms. The van der Waals surface area contributed by atoms with Crippen LogP contribution in [0.1, 0.15) is 0 Å². The number of anilines is 1. The summed E-state index contributed by atoms with van der Waals surface area (Å²) in [6.45, 7) is 0. The highest BCUT2D eigenvalue weighted by Crippen LogP contribution is 2.18. The van der Waals surface area contributed by atoms with Gasteiger partial charge in [-0.15, -0.1) is 0 Å². The number of rotatable bonds is 0. The summed E-state index contributed by atoms with van der Waals surface area (Å²) in [5, 5.41) is 1.02. The van der Waals surface area contributed by atoms with Crippen LogP contribution in [-0.4, -0.2) is 4.98 Å². The van der Waals surface area contributed by atoms with E-state index in [9.17, 15) is 0 Å². The second kappa shape index (κ2) is 1.31. The third kappa shape index (κ3) is 0.512. The molecule has 0 fully saturated rings. The average Bonchev–Trinajstić information content (AvgIpc) is 2.22. The van der Waals surface area contributed by atoms with E-state index in [0.29, 0.717) is 5.88 Å². The number of nitrogen functional groups attached to an aromatic ring is 1. The Hall–Kier alpha value is -1.38. The smallest absolute Gasteiger partial charge is 0.191 e. The van der Waals surface area contributed by atoms with Crippen molar-refractivity contribution < 1.29 is 4.42 Å². The summed E-state index contributed by atoms with van der Waals surface area (Å²) in [5.74, 6) is 0.467. The molecule has 0 radical (unpaired) electrons. The Balaban J connectivity index is 2.92. The van der Waals surface area contributed by atoms with Crippen LogP contribution in [0.15, 0.2) is 22.9 Å². The monoisotopic (exact) mass is 122 g/mol. The summed E-state index contributed by atoms with van der Waals surface area (Å²) in [6, 6.07) is 1.78. The highest BCUT2D eigenvalue weighted by Gasteiger charge is 1.97. The molecule has 0 bridgehead atoms. The number of hydrogen-bond donors (Lipinski definition) is 2. The summed E-state index contributed by atoms with van der Waals surface area (Å²) >= 11 is 0. The predicted octanol–water partition coefficient (Wildman–Crippen LogP) is 1.34. The standard InChI is InChI=1S/C6H6N2O/c7-6-1-4-2-8-3-5(4)9-6/h1-3,8H,7H2. The molecule has 3 N–H and O–H groups in total. The van der Waals surface area contributed by atoms with E-state index in [0.717, 1.165) is 11.0 Å². The molecule has 0 aliphatic rings. The Labute approximate surface area is 51.5 Å². The van der Waals surface area contributed by atoms with E-state index in [4.69, 9.17) is 10.2 Å². The van der Waals surface area contributed by atoms with Crippen LogP contribution in [-0.2, 0) is 0 Å². The molecule has 0 aliphatic carbocycles. The van der Waals surface area contributed by atoms with E-state index >= 15 is 0 Å². The second-order valence-corrected chi connectivity index (χ2v) is 1.92. The number of hydrogen-bond acceptors (Lipinski definition) is 2. The molecule has 3 heteroatoms. The van der Waals surface area contributed by atoms with Crippen LogP contribution in [0.25, 0.3) is 11.0 Å². The van der Waals surface area contributed by atoms with Gasteiger partial charge in [0.1, 0.15) is 0 Å². The highest BCUT2D eigenvalue weighted by atomic mass is 16.3. The minimum atomic E-state index is 0.467. The third-order valence-corrected chi connectivity index (χ3v) is 1.26. The molecule has 0 amide bonds. The minimum absolute atomic E-state index is 0.467. The Morgan fingerprint density at radius 2 is 2.33 bits per heavy atom. The number of H-pyrrole nitrogens is 1. The van der Waals surface area contributed by atoms with E-state index in [1.54, 1.807) is 12.3 Å². The summed E-state index contributed by atoms with van der Waals surface area (Å²) in [7, 11) is 0. The van der Waals surface area contributed by atoms with E-state index in [1.165, 1.54) is 0 Å². The molecule has 0 spiro atoms. The van der Waals surface area contributed by atoms with Crippen LogP contribution < -0.4 is 5.73 Å². The number of fused-ring (bicyclic) bond motifs is 1. The van der Waals surface area contributed by atoms with Crippen molar-refractivity contribution >= 4 is 16.9 Å². The van der Waals surface area contributed by atoms with Gasteiger partial charge in [0.05, 0.1) is 0 Å². The van der Waals surface area contributed by atoms with Crippen molar-refractivity contribution in [3.8, 4) is 0 Å². The zero-order valence-electron chi connectivity index (χ0n) is 4.72. The molecule has 2 rings (SSSR count). The zero-order chi connectivity index (χ0) is 6.27. The van der Waals surface area contributed by atoms with Gasteiger partial charge in [-0.25, -0.2) is 0 Å². The molecular weight excluding hydrogens is 116 g/mol. The van der Waals surface area contributed by atoms with Crippen LogP contribution in [0.4, 0.5) is 5.88 Å². The van der Waals surface area contributed by atoms with Crippen molar-refractivity contribution in [3.05, 3.63) is 18.5 Å². The van der Waals surface area contributed by atoms with E-state index in [-0.39, 0.29) is 0 Å². The van der Waals surface area contributed by atoms with Gasteiger partial charge in [0, 0.05) is 23.8 Å². The number of aromatic amines is 1. The quantitative estimate of drug-likeness (QED) is 0.554. The molecular formula is C6H6N2O. The van der Waals surface area contributed by atoms with Crippen molar-refractivity contribution in [1.82, 2.24) is 4.98 Å². The van der Waals surface area contributed by atoms with Gasteiger partial charge in [0.25, 0.3) is 0 Å². The maximum atomic E-state index is 5.35. The fraction of sp³-hybridized carbons (Fsp3) is 0. The van der Waals surface area contributed by atoms with E-state index < -0.39 is 0 Å². The molecule has 2 aromatic heterocycles. The lowest BCUT2D eigenvalue weighted by Gasteiger charge is -1.75. The summed E-state index contributed by atoms with van der Waals surface area (Å²) < 4.78 is 5.05. The maximum Gasteiger partial charge on any atom is 0.191 e. The molecule has 0 aliphatic heterocycles. The highest BCUT2D eigenvalue weighted by molar-refractivity contribution is 5.79. The van der Waals surface area contributed by atoms with Crippen LogP contribution in [0.2, 0.25) is 0 Å². The van der Waals surface area contributed by atoms with E-state index in [2.05, 4.69) is 4.98 Å². The van der Waals surface area contributed by atoms with Gasteiger partial charge in [-0.3, -0.25) is 0 Å². The zero-order valence-corrected chi connectivity index (χ0v) is 4.72. The van der Waals surface area contributed by atoms with Crippen molar-refractivity contribution in [3.63, 3.8) is 0 Å². The van der Waals surface area contributed by atoms with Crippen molar-refractivity contribution in [1.29, 1.82) is 0 Å². The molecule has 46 valence electrons. The van der Waals surface area contributed by atoms with Crippen LogP contribution >= 0.6 is 0 Å². The maximum absolute atomic E-state index is 5.35. The van der Waals surface area contributed by atoms with Gasteiger partial charge < -0.3 is 15.1 Å². The molecule has 0 unspecified atom stereocenters. The minimum Gasteiger partial charge on any atom is -0.439 e. The lowest BCUT2D eigenvalue weighted by atomic mass is 10.4. The number of nitrogens with one attached hydrogen (secondary N) is 1. The first-order chi connectivity index (χ1) is 4.36. The van der Waals surface area contributed by atoms with Crippen LogP contribution in [0, 0.1) is 0 Å². The third-order valence-electron chi connectivity index (χ3n) is 1.26. The van der Waals surface area contributed by atoms with Crippen LogP contribution in [0.5, 0.6) is 0 Å². The Bertz CT molecular complexity index is 292. The molecule has 3 nitrogen and oxygen atoms in total. The second-order valence-electron chi connectivity index (χ2n) is 1.92. The van der Waals surface area contributed by atoms with Gasteiger partial charge in [-0.05, 0) is 0 Å². The average molecular weight is 122 g/mol. The largest absolute Gasteiger partial charge is 0.439 e. The fourth-order valence-electron chi connectivity index (χ4n) is 0.872. The molecule has 0 saturated carbocycles. The first kappa shape index (κ1) is 4.49. The topological polar surface area (TPSA) is 55.0 Å². The predicted molar refractivity (Wildman–Crippen MR) is 35.0 cm³/mol. The summed E-state index contributed by atoms with van der Waals surface area (Å²) in [6.07, 6.45) is 3.61. The first-order valence-electron chi connectivity index (χ1n) is 2.68. The fourth-order valence-corrected chi connectivity index (χ4v) is 0.872. The van der Waals surface area contributed by atoms with E-state index in [1.807, 2.05) is 6.20 Å². The number of aromatic nitrogens is 1. The first-order valence-corrected chi connectivity index (χ1v) is 2.68. The van der Waals surface area contributed by atoms with Gasteiger partial charge in [0.15, 0.2) is 11.5 Å². The molecule has 0 atom stereocenters. The normalized spacial score (nSPS) is 10.7. The lowest BCUT2D eigenvalue weighted by Crippen LogP contribution is -1.75.